The summed E-state index contributed by atoms with van der Waals surface area (Å²) >= 11 is 7.30. The van der Waals surface area contributed by atoms with Gasteiger partial charge in [0, 0.05) is 32.1 Å². The molecule has 6 heteroatoms. The maximum Gasteiger partial charge on any atom is 0.171 e. The van der Waals surface area contributed by atoms with Crippen molar-refractivity contribution in [1.29, 1.82) is 0 Å². The van der Waals surface area contributed by atoms with Gasteiger partial charge in [-0.2, -0.15) is 0 Å². The van der Waals surface area contributed by atoms with E-state index in [2.05, 4.69) is 57.8 Å². The Morgan fingerprint density at radius 1 is 0.400 bits per heavy atom. The molecule has 0 aliphatic rings. The van der Waals surface area contributed by atoms with Gasteiger partial charge in [-0.25, -0.2) is 0 Å². The van der Waals surface area contributed by atoms with E-state index < -0.39 is 0 Å². The van der Waals surface area contributed by atoms with E-state index in [4.69, 9.17) is 19.4 Å². The Morgan fingerprint density at radius 2 is 0.660 bits per heavy atom. The van der Waals surface area contributed by atoms with Crippen LogP contribution in [0.5, 0.6) is 11.5 Å². The smallest absolute Gasteiger partial charge is 0.171 e. The number of benzene rings is 1. The average Bonchev–Trinajstić information content (AvgIpc) is 3.12. The van der Waals surface area contributed by atoms with Crippen LogP contribution in [-0.4, -0.2) is 23.2 Å². The summed E-state index contributed by atoms with van der Waals surface area (Å²) in [6.07, 6.45) is 41.5. The van der Waals surface area contributed by atoms with E-state index in [1.165, 1.54) is 167 Å². The molecule has 0 aliphatic carbocycles. The van der Waals surface area contributed by atoms with Gasteiger partial charge in [-0.05, 0) is 56.8 Å². The first-order valence-corrected chi connectivity index (χ1v) is 22.6. The van der Waals surface area contributed by atoms with Crippen molar-refractivity contribution in [2.45, 2.75) is 194 Å². The van der Waals surface area contributed by atoms with Crippen molar-refractivity contribution in [1.82, 2.24) is 9.97 Å². The highest BCUT2D eigenvalue weighted by Crippen LogP contribution is 2.44. The zero-order valence-corrected chi connectivity index (χ0v) is 35.2. The molecule has 3 aromatic rings. The summed E-state index contributed by atoms with van der Waals surface area (Å²) in [6, 6.07) is 4.21. The number of nitrogens with zero attached hydrogens (tertiary/aromatic N) is 2. The predicted molar refractivity (Wildman–Crippen MR) is 224 cm³/mol. The fourth-order valence-electron chi connectivity index (χ4n) is 7.08. The molecule has 0 unspecified atom stereocenters. The van der Waals surface area contributed by atoms with Gasteiger partial charge in [-0.15, -0.1) is 0 Å². The van der Waals surface area contributed by atoms with Crippen LogP contribution >= 0.6 is 31.9 Å². The fourth-order valence-corrected chi connectivity index (χ4v) is 7.74. The van der Waals surface area contributed by atoms with Crippen molar-refractivity contribution < 1.29 is 9.47 Å². The molecule has 3 rings (SSSR count). The van der Waals surface area contributed by atoms with Crippen LogP contribution in [0.15, 0.2) is 33.5 Å². The van der Waals surface area contributed by atoms with Crippen molar-refractivity contribution in [2.75, 3.05) is 13.2 Å². The minimum Gasteiger partial charge on any atom is -0.489 e. The first kappa shape index (κ1) is 43.0. The topological polar surface area (TPSA) is 44.2 Å². The maximum absolute atomic E-state index is 6.61. The lowest BCUT2D eigenvalue weighted by atomic mass is 10.0. The second kappa shape index (κ2) is 28.1. The summed E-state index contributed by atoms with van der Waals surface area (Å²) < 4.78 is 15.1. The third kappa shape index (κ3) is 17.4. The third-order valence-corrected chi connectivity index (χ3v) is 11.0. The number of hydrogen-bond donors (Lipinski definition) is 0. The molecule has 0 bridgehead atoms. The van der Waals surface area contributed by atoms with Crippen LogP contribution in [0.1, 0.15) is 194 Å². The van der Waals surface area contributed by atoms with E-state index in [-0.39, 0.29) is 0 Å². The second-order valence-corrected chi connectivity index (χ2v) is 16.5. The van der Waals surface area contributed by atoms with Gasteiger partial charge in [0.25, 0.3) is 0 Å². The molecule has 0 aliphatic heterocycles. The number of ether oxygens (including phenoxy) is 2. The zero-order chi connectivity index (χ0) is 35.5. The van der Waals surface area contributed by atoms with Crippen molar-refractivity contribution in [3.05, 3.63) is 33.5 Å². The van der Waals surface area contributed by atoms with Crippen LogP contribution in [0.4, 0.5) is 0 Å². The lowest BCUT2D eigenvalue weighted by molar-refractivity contribution is 0.263. The summed E-state index contributed by atoms with van der Waals surface area (Å²) in [5.74, 6) is 1.61. The molecule has 282 valence electrons. The quantitative estimate of drug-likeness (QED) is 0.0465. The maximum atomic E-state index is 6.61. The van der Waals surface area contributed by atoms with Gasteiger partial charge < -0.3 is 9.47 Å². The predicted octanol–water partition coefficient (Wildman–Crippen LogP) is 16.0. The molecule has 0 N–H and O–H groups in total. The van der Waals surface area contributed by atoms with Gasteiger partial charge >= 0.3 is 0 Å². The van der Waals surface area contributed by atoms with Crippen LogP contribution in [-0.2, 0) is 0 Å². The SMILES string of the molecule is CCCCCCCCCCCCCCCCOc1c(OCCCCCCCCCCCCCCCC)c2cc(Br)cnc2c2ncc(Br)cc12. The summed E-state index contributed by atoms with van der Waals surface area (Å²) in [5.41, 5.74) is 1.71. The first-order valence-electron chi connectivity index (χ1n) is 21.0. The van der Waals surface area contributed by atoms with E-state index in [0.717, 1.165) is 55.1 Å². The first-order chi connectivity index (χ1) is 24.7. The Morgan fingerprint density at radius 3 is 0.940 bits per heavy atom. The standard InChI is InChI=1S/C44H70Br2N2O2/c1-3-5-7-9-11-13-15-17-19-21-23-25-27-29-31-49-43-39-33-37(45)35-47-41(39)42-40(34-38(46)36-48-42)44(43)50-32-30-28-26-24-22-20-18-16-14-12-10-8-6-4-2/h33-36H,3-32H2,1-2H3. The summed E-state index contributed by atoms with van der Waals surface area (Å²) in [6.45, 7) is 5.95. The molecule has 0 saturated carbocycles. The highest BCUT2D eigenvalue weighted by Gasteiger charge is 2.20. The molecule has 0 saturated heterocycles. The number of halogens is 2. The number of rotatable bonds is 32. The molecule has 0 radical (unpaired) electrons. The fraction of sp³-hybridized carbons (Fsp3) is 0.727. The summed E-state index contributed by atoms with van der Waals surface area (Å²) in [7, 11) is 0. The molecule has 0 atom stereocenters. The Hall–Kier alpha value is -1.40. The van der Waals surface area contributed by atoms with E-state index in [0.29, 0.717) is 13.2 Å². The number of hydrogen-bond acceptors (Lipinski definition) is 4. The summed E-state index contributed by atoms with van der Waals surface area (Å²) in [5, 5.41) is 1.92. The zero-order valence-electron chi connectivity index (χ0n) is 32.0. The van der Waals surface area contributed by atoms with E-state index in [1.54, 1.807) is 0 Å². The molecule has 0 spiro atoms. The van der Waals surface area contributed by atoms with Crippen LogP contribution < -0.4 is 9.47 Å². The summed E-state index contributed by atoms with van der Waals surface area (Å²) in [4.78, 5) is 9.56. The highest BCUT2D eigenvalue weighted by atomic mass is 79.9. The average molecular weight is 819 g/mol. The van der Waals surface area contributed by atoms with Gasteiger partial charge in [0.2, 0.25) is 0 Å². The van der Waals surface area contributed by atoms with Crippen LogP contribution in [0, 0.1) is 0 Å². The molecule has 2 heterocycles. The number of unbranched alkanes of at least 4 members (excludes halogenated alkanes) is 26. The monoisotopic (exact) mass is 816 g/mol. The van der Waals surface area contributed by atoms with Crippen LogP contribution in [0.25, 0.3) is 21.8 Å². The molecule has 1 aromatic carbocycles. The largest absolute Gasteiger partial charge is 0.489 e. The van der Waals surface area contributed by atoms with Gasteiger partial charge in [0.15, 0.2) is 11.5 Å². The lowest BCUT2D eigenvalue weighted by Gasteiger charge is -2.18. The van der Waals surface area contributed by atoms with Crippen LogP contribution in [0.2, 0.25) is 0 Å². The van der Waals surface area contributed by atoms with E-state index in [9.17, 15) is 0 Å². The number of pyridine rings is 2. The third-order valence-electron chi connectivity index (χ3n) is 10.1. The second-order valence-electron chi connectivity index (χ2n) is 14.6. The number of aromatic nitrogens is 2. The minimum absolute atomic E-state index is 0.682. The van der Waals surface area contributed by atoms with Crippen LogP contribution in [0.3, 0.4) is 0 Å². The lowest BCUT2D eigenvalue weighted by Crippen LogP contribution is -2.05. The molecular weight excluding hydrogens is 748 g/mol. The molecule has 0 amide bonds. The van der Waals surface area contributed by atoms with E-state index >= 15 is 0 Å². The van der Waals surface area contributed by atoms with Gasteiger partial charge in [-0.1, -0.05) is 181 Å². The molecule has 4 nitrogen and oxygen atoms in total. The molecule has 50 heavy (non-hydrogen) atoms. The Labute approximate surface area is 323 Å². The number of fused-ring (bicyclic) bond motifs is 3. The van der Waals surface area contributed by atoms with Gasteiger partial charge in [0.05, 0.1) is 13.2 Å². The van der Waals surface area contributed by atoms with E-state index in [1.807, 2.05) is 12.4 Å². The molecule has 0 fully saturated rings. The van der Waals surface area contributed by atoms with Gasteiger partial charge in [-0.3, -0.25) is 9.97 Å². The van der Waals surface area contributed by atoms with Gasteiger partial charge in [0.1, 0.15) is 11.0 Å². The van der Waals surface area contributed by atoms with Crippen molar-refractivity contribution in [2.24, 2.45) is 0 Å². The normalized spacial score (nSPS) is 11.6. The Balaban J connectivity index is 1.42. The molecule has 2 aromatic heterocycles. The highest BCUT2D eigenvalue weighted by molar-refractivity contribution is 9.10. The minimum atomic E-state index is 0.682. The Bertz CT molecular complexity index is 1200. The van der Waals surface area contributed by atoms with Crippen molar-refractivity contribution in [3.63, 3.8) is 0 Å². The Kier molecular flexibility index (Phi) is 24.2. The molecular formula is C44H70Br2N2O2. The van der Waals surface area contributed by atoms with Crippen molar-refractivity contribution >= 4 is 53.7 Å². The van der Waals surface area contributed by atoms with Crippen molar-refractivity contribution in [3.8, 4) is 11.5 Å².